The van der Waals surface area contributed by atoms with Gasteiger partial charge in [-0.05, 0) is 40.7 Å². The van der Waals surface area contributed by atoms with Gasteiger partial charge in [-0.3, -0.25) is 4.79 Å². The highest BCUT2D eigenvalue weighted by Gasteiger charge is 2.25. The Kier molecular flexibility index (Phi) is 5.83. The van der Waals surface area contributed by atoms with Gasteiger partial charge in [0.25, 0.3) is 5.91 Å². The van der Waals surface area contributed by atoms with Crippen molar-refractivity contribution in [1.29, 1.82) is 0 Å². The van der Waals surface area contributed by atoms with Crippen LogP contribution in [0.5, 0.6) is 0 Å². The van der Waals surface area contributed by atoms with Gasteiger partial charge in [-0.15, -0.1) is 0 Å². The van der Waals surface area contributed by atoms with E-state index in [1.54, 1.807) is 17.0 Å². The smallest absolute Gasteiger partial charge is 0.253 e. The van der Waals surface area contributed by atoms with E-state index in [1.807, 2.05) is 0 Å². The van der Waals surface area contributed by atoms with E-state index >= 15 is 0 Å². The fourth-order valence-electron chi connectivity index (χ4n) is 2.48. The maximum absolute atomic E-state index is 12.6. The van der Waals surface area contributed by atoms with Crippen molar-refractivity contribution in [3.63, 3.8) is 0 Å². The summed E-state index contributed by atoms with van der Waals surface area (Å²) >= 11 is 3.26. The van der Waals surface area contributed by atoms with Crippen molar-refractivity contribution in [3.8, 4) is 0 Å². The number of hydrogen-bond donors (Lipinski definition) is 0. The number of piperazine rings is 1. The molecule has 8 heteroatoms. The zero-order valence-corrected chi connectivity index (χ0v) is 16.0. The first-order valence-corrected chi connectivity index (χ1v) is 9.74. The quantitative estimate of drug-likeness (QED) is 0.763. The minimum Gasteiger partial charge on any atom is -0.336 e. The van der Waals surface area contributed by atoms with E-state index in [1.165, 1.54) is 20.2 Å². The zero-order valence-electron chi connectivity index (χ0n) is 13.6. The van der Waals surface area contributed by atoms with Crippen molar-refractivity contribution >= 4 is 31.9 Å². The van der Waals surface area contributed by atoms with Gasteiger partial charge in [-0.1, -0.05) is 6.92 Å². The highest BCUT2D eigenvalue weighted by atomic mass is 79.9. The van der Waals surface area contributed by atoms with Crippen LogP contribution < -0.4 is 0 Å². The van der Waals surface area contributed by atoms with Gasteiger partial charge in [-0.2, -0.15) is 0 Å². The van der Waals surface area contributed by atoms with Crippen LogP contribution in [-0.2, 0) is 10.0 Å². The lowest BCUT2D eigenvalue weighted by Crippen LogP contribution is -2.48. The van der Waals surface area contributed by atoms with Crippen LogP contribution in [0.1, 0.15) is 17.3 Å². The third-order valence-corrected chi connectivity index (χ3v) is 6.85. The Morgan fingerprint density at radius 1 is 1.22 bits per heavy atom. The molecule has 1 amide bonds. The summed E-state index contributed by atoms with van der Waals surface area (Å²) < 4.78 is 26.3. The van der Waals surface area contributed by atoms with E-state index in [2.05, 4.69) is 27.8 Å². The predicted octanol–water partition coefficient (Wildman–Crippen LogP) is 1.48. The number of likely N-dealkylation sites (N-methyl/N-ethyl adjacent to an activating group) is 1. The van der Waals surface area contributed by atoms with Gasteiger partial charge in [0.1, 0.15) is 0 Å². The molecule has 1 heterocycles. The van der Waals surface area contributed by atoms with Crippen molar-refractivity contribution in [3.05, 3.63) is 28.2 Å². The molecule has 0 radical (unpaired) electrons. The summed E-state index contributed by atoms with van der Waals surface area (Å²) in [6.45, 7) is 6.11. The average molecular weight is 404 g/mol. The number of rotatable bonds is 4. The normalized spacial score (nSPS) is 16.8. The number of carbonyl (C=O) groups excluding carboxylic acids is 1. The number of nitrogens with zero attached hydrogens (tertiary/aromatic N) is 3. The van der Waals surface area contributed by atoms with Crippen LogP contribution in [-0.4, -0.2) is 75.2 Å². The summed E-state index contributed by atoms with van der Waals surface area (Å²) in [5.74, 6) is -0.122. The van der Waals surface area contributed by atoms with Crippen LogP contribution in [0.15, 0.2) is 27.6 Å². The molecule has 128 valence electrons. The van der Waals surface area contributed by atoms with E-state index < -0.39 is 10.0 Å². The fraction of sp³-hybridized carbons (Fsp3) is 0.533. The third-order valence-electron chi connectivity index (χ3n) is 4.04. The molecule has 0 N–H and O–H groups in total. The van der Waals surface area contributed by atoms with E-state index in [0.717, 1.165) is 23.9 Å². The second-order valence-electron chi connectivity index (χ2n) is 5.66. The summed E-state index contributed by atoms with van der Waals surface area (Å²) in [4.78, 5) is 16.8. The summed E-state index contributed by atoms with van der Waals surface area (Å²) in [6.07, 6.45) is 0. The SMILES string of the molecule is CCN1CCN(C(=O)c2ccc(Br)c(S(=O)(=O)N(C)C)c2)CC1. The van der Waals surface area contributed by atoms with Crippen LogP contribution in [0.3, 0.4) is 0 Å². The van der Waals surface area contributed by atoms with Crippen molar-refractivity contribution in [1.82, 2.24) is 14.1 Å². The van der Waals surface area contributed by atoms with Gasteiger partial charge >= 0.3 is 0 Å². The van der Waals surface area contributed by atoms with Gasteiger partial charge in [-0.25, -0.2) is 12.7 Å². The molecule has 0 saturated carbocycles. The van der Waals surface area contributed by atoms with Gasteiger partial charge in [0.2, 0.25) is 10.0 Å². The van der Waals surface area contributed by atoms with Crippen molar-refractivity contribution in [2.75, 3.05) is 46.8 Å². The van der Waals surface area contributed by atoms with Crippen molar-refractivity contribution < 1.29 is 13.2 Å². The molecule has 1 aliphatic rings. The second-order valence-corrected chi connectivity index (χ2v) is 8.63. The Morgan fingerprint density at radius 2 is 1.83 bits per heavy atom. The molecule has 1 fully saturated rings. The van der Waals surface area contributed by atoms with Crippen LogP contribution in [0.4, 0.5) is 0 Å². The molecule has 23 heavy (non-hydrogen) atoms. The van der Waals surface area contributed by atoms with Crippen molar-refractivity contribution in [2.24, 2.45) is 0 Å². The zero-order chi connectivity index (χ0) is 17.2. The predicted molar refractivity (Wildman–Crippen MR) is 93.0 cm³/mol. The number of benzene rings is 1. The van der Waals surface area contributed by atoms with Crippen LogP contribution in [0, 0.1) is 0 Å². The Balaban J connectivity index is 2.26. The first-order chi connectivity index (χ1) is 10.8. The minimum atomic E-state index is -3.60. The number of sulfonamides is 1. The van der Waals surface area contributed by atoms with Crippen LogP contribution in [0.25, 0.3) is 0 Å². The maximum atomic E-state index is 12.6. The second kappa shape index (κ2) is 7.29. The molecular formula is C15H22BrN3O3S. The summed E-state index contributed by atoms with van der Waals surface area (Å²) in [6, 6.07) is 4.73. The molecule has 0 atom stereocenters. The third kappa shape index (κ3) is 3.93. The molecule has 1 aliphatic heterocycles. The fourth-order valence-corrected chi connectivity index (χ4v) is 4.32. The first kappa shape index (κ1) is 18.4. The summed E-state index contributed by atoms with van der Waals surface area (Å²) in [5, 5.41) is 0. The van der Waals surface area contributed by atoms with E-state index in [-0.39, 0.29) is 10.8 Å². The number of amides is 1. The number of hydrogen-bond acceptors (Lipinski definition) is 4. The van der Waals surface area contributed by atoms with Gasteiger partial charge < -0.3 is 9.80 Å². The molecule has 2 rings (SSSR count). The molecule has 0 aromatic heterocycles. The number of halogens is 1. The Bertz CT molecular complexity index is 683. The molecule has 0 spiro atoms. The van der Waals surface area contributed by atoms with Crippen LogP contribution >= 0.6 is 15.9 Å². The monoisotopic (exact) mass is 403 g/mol. The van der Waals surface area contributed by atoms with Gasteiger partial charge in [0.05, 0.1) is 4.90 Å². The summed E-state index contributed by atoms with van der Waals surface area (Å²) in [5.41, 5.74) is 0.401. The maximum Gasteiger partial charge on any atom is 0.253 e. The Hall–Kier alpha value is -0.960. The highest BCUT2D eigenvalue weighted by Crippen LogP contribution is 2.26. The molecule has 0 aliphatic carbocycles. The molecule has 0 unspecified atom stereocenters. The molecule has 0 bridgehead atoms. The summed E-state index contributed by atoms with van der Waals surface area (Å²) in [7, 11) is -0.655. The average Bonchev–Trinajstić information content (AvgIpc) is 2.54. The lowest BCUT2D eigenvalue weighted by atomic mass is 10.2. The lowest BCUT2D eigenvalue weighted by molar-refractivity contribution is 0.0643. The molecular weight excluding hydrogens is 382 g/mol. The standard InChI is InChI=1S/C15H22BrN3O3S/c1-4-18-7-9-19(10-8-18)15(20)12-5-6-13(16)14(11-12)23(21,22)17(2)3/h5-6,11H,4,7-10H2,1-3H3. The topological polar surface area (TPSA) is 60.9 Å². The first-order valence-electron chi connectivity index (χ1n) is 7.51. The van der Waals surface area contributed by atoms with Gasteiger partial charge in [0.15, 0.2) is 0 Å². The number of carbonyl (C=O) groups is 1. The van der Waals surface area contributed by atoms with E-state index in [4.69, 9.17) is 0 Å². The van der Waals surface area contributed by atoms with Crippen molar-refractivity contribution in [2.45, 2.75) is 11.8 Å². The van der Waals surface area contributed by atoms with Crippen LogP contribution in [0.2, 0.25) is 0 Å². The molecule has 1 saturated heterocycles. The Labute approximate surface area is 146 Å². The Morgan fingerprint density at radius 3 is 2.35 bits per heavy atom. The molecule has 6 nitrogen and oxygen atoms in total. The molecule has 1 aromatic rings. The molecule has 1 aromatic carbocycles. The van der Waals surface area contributed by atoms with Gasteiger partial charge in [0, 0.05) is 50.3 Å². The lowest BCUT2D eigenvalue weighted by Gasteiger charge is -2.34. The largest absolute Gasteiger partial charge is 0.336 e. The minimum absolute atomic E-state index is 0.112. The highest BCUT2D eigenvalue weighted by molar-refractivity contribution is 9.10. The van der Waals surface area contributed by atoms with E-state index in [0.29, 0.717) is 23.1 Å². The van der Waals surface area contributed by atoms with E-state index in [9.17, 15) is 13.2 Å².